The van der Waals surface area contributed by atoms with Gasteiger partial charge in [0, 0.05) is 18.2 Å². The van der Waals surface area contributed by atoms with Crippen molar-refractivity contribution in [1.82, 2.24) is 9.97 Å². The normalized spacial score (nSPS) is 10.7. The molecule has 1 heterocycles. The first kappa shape index (κ1) is 14.7. The fourth-order valence-electron chi connectivity index (χ4n) is 1.74. The van der Waals surface area contributed by atoms with Crippen molar-refractivity contribution in [2.24, 2.45) is 0 Å². The third-order valence-corrected chi connectivity index (χ3v) is 2.65. The highest BCUT2D eigenvalue weighted by atomic mass is 16.4. The van der Waals surface area contributed by atoms with Gasteiger partial charge < -0.3 is 15.5 Å². The van der Waals surface area contributed by atoms with E-state index in [9.17, 15) is 4.79 Å². The average Bonchev–Trinajstić information content (AvgIpc) is 2.51. The van der Waals surface area contributed by atoms with E-state index in [0.717, 1.165) is 17.2 Å². The summed E-state index contributed by atoms with van der Waals surface area (Å²) in [5.41, 5.74) is 2.27. The Morgan fingerprint density at radius 1 is 1.33 bits per heavy atom. The van der Waals surface area contributed by atoms with Crippen LogP contribution in [0, 0.1) is 0 Å². The summed E-state index contributed by atoms with van der Waals surface area (Å²) in [4.78, 5) is 19.0. The van der Waals surface area contributed by atoms with Gasteiger partial charge in [0.25, 0.3) is 0 Å². The van der Waals surface area contributed by atoms with Crippen LogP contribution in [0.15, 0.2) is 42.7 Å². The van der Waals surface area contributed by atoms with Gasteiger partial charge in [-0.3, -0.25) is 4.98 Å². The van der Waals surface area contributed by atoms with Crippen LogP contribution in [0.25, 0.3) is 17.3 Å². The minimum Gasteiger partial charge on any atom is -0.478 e. The molecule has 0 radical (unpaired) electrons. The minimum atomic E-state index is -0.990. The number of aliphatic carboxylic acids is 1. The van der Waals surface area contributed by atoms with Crippen LogP contribution in [-0.2, 0) is 4.79 Å². The molecule has 0 saturated heterocycles. The number of benzene rings is 1. The number of carboxylic acid groups (broad SMARTS) is 1. The first-order chi connectivity index (χ1) is 10.2. The van der Waals surface area contributed by atoms with Crippen molar-refractivity contribution in [3.05, 3.63) is 48.3 Å². The van der Waals surface area contributed by atoms with E-state index in [2.05, 4.69) is 15.3 Å². The Labute approximate surface area is 121 Å². The van der Waals surface area contributed by atoms with Crippen LogP contribution < -0.4 is 5.32 Å². The number of nitrogens with one attached hydrogen (secondary N) is 1. The first-order valence-electron chi connectivity index (χ1n) is 6.37. The quantitative estimate of drug-likeness (QED) is 0.698. The Balaban J connectivity index is 2.25. The van der Waals surface area contributed by atoms with Crippen LogP contribution in [0.5, 0.6) is 0 Å². The Bertz CT molecular complexity index is 656. The molecule has 0 atom stereocenters. The zero-order valence-corrected chi connectivity index (χ0v) is 11.2. The van der Waals surface area contributed by atoms with E-state index in [4.69, 9.17) is 10.2 Å². The average molecular weight is 285 g/mol. The van der Waals surface area contributed by atoms with Gasteiger partial charge in [0.15, 0.2) is 0 Å². The van der Waals surface area contributed by atoms with Crippen LogP contribution in [0.1, 0.15) is 5.56 Å². The molecule has 0 aliphatic carbocycles. The lowest BCUT2D eigenvalue weighted by Crippen LogP contribution is -2.07. The third kappa shape index (κ3) is 4.39. The van der Waals surface area contributed by atoms with Gasteiger partial charge in [0.05, 0.1) is 24.7 Å². The van der Waals surface area contributed by atoms with E-state index < -0.39 is 5.97 Å². The number of hydrogen-bond acceptors (Lipinski definition) is 5. The van der Waals surface area contributed by atoms with Gasteiger partial charge >= 0.3 is 5.97 Å². The molecule has 0 amide bonds. The lowest BCUT2D eigenvalue weighted by molar-refractivity contribution is -0.131. The van der Waals surface area contributed by atoms with Gasteiger partial charge in [0.2, 0.25) is 0 Å². The predicted octanol–water partition coefficient (Wildman–Crippen LogP) is 1.65. The van der Waals surface area contributed by atoms with Crippen molar-refractivity contribution in [3.63, 3.8) is 0 Å². The van der Waals surface area contributed by atoms with E-state index in [1.807, 2.05) is 24.3 Å². The Morgan fingerprint density at radius 3 is 2.95 bits per heavy atom. The summed E-state index contributed by atoms with van der Waals surface area (Å²) in [5, 5.41) is 20.4. The van der Waals surface area contributed by atoms with Crippen molar-refractivity contribution in [1.29, 1.82) is 0 Å². The number of carbonyl (C=O) groups is 1. The second kappa shape index (κ2) is 7.16. The molecule has 3 N–H and O–H groups in total. The molecule has 21 heavy (non-hydrogen) atoms. The molecule has 6 heteroatoms. The van der Waals surface area contributed by atoms with Crippen LogP contribution in [0.2, 0.25) is 0 Å². The van der Waals surface area contributed by atoms with E-state index in [1.54, 1.807) is 12.4 Å². The molecular weight excluding hydrogens is 270 g/mol. The maximum Gasteiger partial charge on any atom is 0.328 e. The molecule has 2 aromatic rings. The number of aliphatic hydroxyl groups excluding tert-OH is 1. The Morgan fingerprint density at radius 2 is 2.19 bits per heavy atom. The summed E-state index contributed by atoms with van der Waals surface area (Å²) in [6.07, 6.45) is 5.81. The minimum absolute atomic E-state index is 0.0153. The van der Waals surface area contributed by atoms with E-state index in [0.29, 0.717) is 18.1 Å². The summed E-state index contributed by atoms with van der Waals surface area (Å²) in [6, 6.07) is 7.34. The molecule has 108 valence electrons. The maximum absolute atomic E-state index is 10.5. The molecule has 0 unspecified atom stereocenters. The van der Waals surface area contributed by atoms with E-state index in [1.165, 1.54) is 6.08 Å². The lowest BCUT2D eigenvalue weighted by Gasteiger charge is -2.06. The lowest BCUT2D eigenvalue weighted by atomic mass is 10.1. The van der Waals surface area contributed by atoms with Crippen molar-refractivity contribution >= 4 is 17.9 Å². The van der Waals surface area contributed by atoms with Gasteiger partial charge in [-0.15, -0.1) is 0 Å². The Kier molecular flexibility index (Phi) is 5.00. The summed E-state index contributed by atoms with van der Waals surface area (Å²) in [6.45, 7) is 0.418. The molecule has 1 aromatic heterocycles. The van der Waals surface area contributed by atoms with Crippen molar-refractivity contribution in [2.45, 2.75) is 0 Å². The smallest absolute Gasteiger partial charge is 0.328 e. The second-order valence-electron chi connectivity index (χ2n) is 4.24. The highest BCUT2D eigenvalue weighted by Crippen LogP contribution is 2.19. The molecule has 0 fully saturated rings. The van der Waals surface area contributed by atoms with Crippen molar-refractivity contribution in [3.8, 4) is 11.3 Å². The van der Waals surface area contributed by atoms with E-state index >= 15 is 0 Å². The molecular formula is C15H15N3O3. The zero-order chi connectivity index (χ0) is 15.1. The monoisotopic (exact) mass is 285 g/mol. The van der Waals surface area contributed by atoms with Gasteiger partial charge in [-0.25, -0.2) is 9.78 Å². The van der Waals surface area contributed by atoms with Crippen molar-refractivity contribution < 1.29 is 15.0 Å². The number of anilines is 1. The van der Waals surface area contributed by atoms with Gasteiger partial charge in [-0.05, 0) is 17.7 Å². The number of rotatable bonds is 6. The van der Waals surface area contributed by atoms with Crippen LogP contribution >= 0.6 is 0 Å². The SMILES string of the molecule is O=C(O)/C=C/c1cccc(-c2cncc(NCCO)n2)c1. The van der Waals surface area contributed by atoms with E-state index in [-0.39, 0.29) is 6.61 Å². The number of hydrogen-bond donors (Lipinski definition) is 3. The largest absolute Gasteiger partial charge is 0.478 e. The highest BCUT2D eigenvalue weighted by Gasteiger charge is 2.02. The Hall–Kier alpha value is -2.73. The van der Waals surface area contributed by atoms with Crippen LogP contribution in [0.3, 0.4) is 0 Å². The number of aliphatic hydroxyl groups is 1. The molecule has 0 saturated carbocycles. The topological polar surface area (TPSA) is 95.3 Å². The third-order valence-electron chi connectivity index (χ3n) is 2.65. The summed E-state index contributed by atoms with van der Waals surface area (Å²) in [5.74, 6) is -0.413. The molecule has 2 rings (SSSR count). The van der Waals surface area contributed by atoms with Gasteiger partial charge in [0.1, 0.15) is 5.82 Å². The highest BCUT2D eigenvalue weighted by molar-refractivity contribution is 5.85. The summed E-state index contributed by atoms with van der Waals surface area (Å²) >= 11 is 0. The predicted molar refractivity (Wildman–Crippen MR) is 79.7 cm³/mol. The van der Waals surface area contributed by atoms with Gasteiger partial charge in [-0.2, -0.15) is 0 Å². The molecule has 0 aliphatic heterocycles. The molecule has 0 bridgehead atoms. The molecule has 0 aliphatic rings. The van der Waals surface area contributed by atoms with Crippen LogP contribution in [-0.4, -0.2) is 39.3 Å². The fourth-order valence-corrected chi connectivity index (χ4v) is 1.74. The number of aromatic nitrogens is 2. The molecule has 0 spiro atoms. The summed E-state index contributed by atoms with van der Waals surface area (Å²) < 4.78 is 0. The van der Waals surface area contributed by atoms with Crippen molar-refractivity contribution in [2.75, 3.05) is 18.5 Å². The fraction of sp³-hybridized carbons (Fsp3) is 0.133. The summed E-state index contributed by atoms with van der Waals surface area (Å²) in [7, 11) is 0. The molecule has 1 aromatic carbocycles. The second-order valence-corrected chi connectivity index (χ2v) is 4.24. The van der Waals surface area contributed by atoms with Crippen LogP contribution in [0.4, 0.5) is 5.82 Å². The number of nitrogens with zero attached hydrogens (tertiary/aromatic N) is 2. The standard InChI is InChI=1S/C15H15N3O3/c19-7-6-17-14-10-16-9-13(18-14)12-3-1-2-11(8-12)4-5-15(20)21/h1-5,8-10,19H,6-7H2,(H,17,18)(H,20,21)/b5-4+. The molecule has 6 nitrogen and oxygen atoms in total. The zero-order valence-electron chi connectivity index (χ0n) is 11.2. The maximum atomic E-state index is 10.5. The van der Waals surface area contributed by atoms with Gasteiger partial charge in [-0.1, -0.05) is 18.2 Å². The number of carboxylic acids is 1. The first-order valence-corrected chi connectivity index (χ1v) is 6.37.